The summed E-state index contributed by atoms with van der Waals surface area (Å²) in [6.07, 6.45) is 0.682. The fourth-order valence-electron chi connectivity index (χ4n) is 4.07. The molecule has 2 aromatic rings. The van der Waals surface area contributed by atoms with Gasteiger partial charge >= 0.3 is 0 Å². The number of fused-ring (bicyclic) bond motifs is 1. The first-order valence-electron chi connectivity index (χ1n) is 9.57. The van der Waals surface area contributed by atoms with Crippen LogP contribution in [0.15, 0.2) is 60.7 Å². The molecule has 0 aromatic heterocycles. The molecule has 0 aliphatic carbocycles. The lowest BCUT2D eigenvalue weighted by Gasteiger charge is -2.37. The zero-order valence-electron chi connectivity index (χ0n) is 15.6. The van der Waals surface area contributed by atoms with E-state index in [1.165, 1.54) is 5.56 Å². The highest BCUT2D eigenvalue weighted by atomic mass is 16.7. The standard InChI is InChI=1S/C22H26N2O3/c1-16(25)23-13-19-12-21-20(24(19)14-17-8-4-2-5-9-17)15-26-22(27-21)18-10-6-3-7-11-18/h2-11,19-22H,12-15H2,1H3,(H,23,25). The second kappa shape index (κ2) is 8.21. The summed E-state index contributed by atoms with van der Waals surface area (Å²) >= 11 is 0. The molecule has 4 atom stereocenters. The molecule has 27 heavy (non-hydrogen) atoms. The molecule has 0 bridgehead atoms. The maximum Gasteiger partial charge on any atom is 0.216 e. The van der Waals surface area contributed by atoms with Crippen molar-refractivity contribution in [3.05, 3.63) is 71.8 Å². The Bertz CT molecular complexity index is 753. The Balaban J connectivity index is 1.50. The summed E-state index contributed by atoms with van der Waals surface area (Å²) in [6.45, 7) is 3.66. The second-order valence-corrected chi connectivity index (χ2v) is 7.30. The zero-order chi connectivity index (χ0) is 18.6. The first-order chi connectivity index (χ1) is 13.2. The minimum Gasteiger partial charge on any atom is -0.355 e. The van der Waals surface area contributed by atoms with E-state index in [0.717, 1.165) is 18.5 Å². The van der Waals surface area contributed by atoms with Crippen molar-refractivity contribution >= 4 is 5.91 Å². The molecule has 4 rings (SSSR count). The molecular weight excluding hydrogens is 340 g/mol. The Morgan fingerprint density at radius 1 is 1.11 bits per heavy atom. The van der Waals surface area contributed by atoms with Gasteiger partial charge in [0, 0.05) is 31.6 Å². The highest BCUT2D eigenvalue weighted by Gasteiger charge is 2.45. The van der Waals surface area contributed by atoms with Gasteiger partial charge in [-0.3, -0.25) is 9.69 Å². The molecule has 2 aliphatic rings. The minimum atomic E-state index is -0.314. The van der Waals surface area contributed by atoms with Gasteiger partial charge < -0.3 is 14.8 Å². The lowest BCUT2D eigenvalue weighted by Crippen LogP contribution is -2.47. The van der Waals surface area contributed by atoms with Crippen molar-refractivity contribution in [2.24, 2.45) is 0 Å². The van der Waals surface area contributed by atoms with Gasteiger partial charge in [-0.25, -0.2) is 0 Å². The van der Waals surface area contributed by atoms with Crippen LogP contribution in [-0.2, 0) is 20.8 Å². The van der Waals surface area contributed by atoms with Crippen LogP contribution in [-0.4, -0.2) is 42.1 Å². The molecule has 2 saturated heterocycles. The van der Waals surface area contributed by atoms with Gasteiger partial charge in [-0.2, -0.15) is 0 Å². The van der Waals surface area contributed by atoms with Crippen molar-refractivity contribution in [2.45, 2.75) is 44.4 Å². The Labute approximate surface area is 160 Å². The molecule has 2 fully saturated rings. The van der Waals surface area contributed by atoms with Crippen molar-refractivity contribution in [3.8, 4) is 0 Å². The van der Waals surface area contributed by atoms with Crippen LogP contribution in [0.2, 0.25) is 0 Å². The number of benzene rings is 2. The van der Waals surface area contributed by atoms with Crippen molar-refractivity contribution in [1.82, 2.24) is 10.2 Å². The molecule has 0 radical (unpaired) electrons. The van der Waals surface area contributed by atoms with E-state index in [0.29, 0.717) is 13.2 Å². The quantitative estimate of drug-likeness (QED) is 0.884. The van der Waals surface area contributed by atoms with Crippen molar-refractivity contribution in [1.29, 1.82) is 0 Å². The Kier molecular flexibility index (Phi) is 5.53. The highest BCUT2D eigenvalue weighted by Crippen LogP contribution is 2.37. The maximum absolute atomic E-state index is 11.4. The van der Waals surface area contributed by atoms with E-state index in [1.807, 2.05) is 36.4 Å². The summed E-state index contributed by atoms with van der Waals surface area (Å²) in [5.41, 5.74) is 2.31. The number of amides is 1. The van der Waals surface area contributed by atoms with Gasteiger partial charge in [-0.1, -0.05) is 60.7 Å². The number of carbonyl (C=O) groups is 1. The number of nitrogens with one attached hydrogen (secondary N) is 1. The zero-order valence-corrected chi connectivity index (χ0v) is 15.6. The molecule has 2 aliphatic heterocycles. The van der Waals surface area contributed by atoms with E-state index in [2.05, 4.69) is 34.5 Å². The van der Waals surface area contributed by atoms with E-state index in [9.17, 15) is 4.79 Å². The number of ether oxygens (including phenoxy) is 2. The van der Waals surface area contributed by atoms with E-state index in [4.69, 9.17) is 9.47 Å². The minimum absolute atomic E-state index is 0.00358. The van der Waals surface area contributed by atoms with Gasteiger partial charge in [0.2, 0.25) is 5.91 Å². The van der Waals surface area contributed by atoms with E-state index >= 15 is 0 Å². The normalized spacial score (nSPS) is 27.9. The largest absolute Gasteiger partial charge is 0.355 e. The molecule has 4 unspecified atom stereocenters. The van der Waals surface area contributed by atoms with E-state index in [-0.39, 0.29) is 30.4 Å². The van der Waals surface area contributed by atoms with Crippen LogP contribution >= 0.6 is 0 Å². The number of hydrogen-bond acceptors (Lipinski definition) is 4. The van der Waals surface area contributed by atoms with Crippen LogP contribution in [0, 0.1) is 0 Å². The topological polar surface area (TPSA) is 50.8 Å². The van der Waals surface area contributed by atoms with Crippen LogP contribution in [0.5, 0.6) is 0 Å². The molecule has 142 valence electrons. The summed E-state index contributed by atoms with van der Waals surface area (Å²) in [5, 5.41) is 2.98. The van der Waals surface area contributed by atoms with Crippen LogP contribution in [0.25, 0.3) is 0 Å². The average molecular weight is 366 g/mol. The number of carbonyl (C=O) groups excluding carboxylic acids is 1. The van der Waals surface area contributed by atoms with Crippen molar-refractivity contribution < 1.29 is 14.3 Å². The van der Waals surface area contributed by atoms with E-state index in [1.54, 1.807) is 6.92 Å². The molecule has 2 aromatic carbocycles. The summed E-state index contributed by atoms with van der Waals surface area (Å²) in [4.78, 5) is 13.9. The molecule has 2 heterocycles. The summed E-state index contributed by atoms with van der Waals surface area (Å²) < 4.78 is 12.4. The fraction of sp³-hybridized carbons (Fsp3) is 0.409. The van der Waals surface area contributed by atoms with Crippen LogP contribution in [0.4, 0.5) is 0 Å². The molecule has 1 N–H and O–H groups in total. The molecule has 0 saturated carbocycles. The van der Waals surface area contributed by atoms with Gasteiger partial charge in [0.1, 0.15) is 0 Å². The van der Waals surface area contributed by atoms with Crippen LogP contribution in [0.1, 0.15) is 30.8 Å². The lowest BCUT2D eigenvalue weighted by molar-refractivity contribution is -0.230. The first kappa shape index (κ1) is 18.2. The second-order valence-electron chi connectivity index (χ2n) is 7.30. The third kappa shape index (κ3) is 4.21. The Hall–Kier alpha value is -2.21. The molecule has 1 amide bonds. The smallest absolute Gasteiger partial charge is 0.216 e. The fourth-order valence-corrected chi connectivity index (χ4v) is 4.07. The summed E-state index contributed by atoms with van der Waals surface area (Å²) in [5.74, 6) is 0.00358. The number of nitrogens with zero attached hydrogens (tertiary/aromatic N) is 1. The van der Waals surface area contributed by atoms with Crippen LogP contribution < -0.4 is 5.32 Å². The summed E-state index contributed by atoms with van der Waals surface area (Å²) in [6, 6.07) is 20.9. The SMILES string of the molecule is CC(=O)NCC1CC2OC(c3ccccc3)OCC2N1Cc1ccccc1. The lowest BCUT2D eigenvalue weighted by atomic mass is 10.1. The van der Waals surface area contributed by atoms with Gasteiger partial charge in [0.25, 0.3) is 0 Å². The monoisotopic (exact) mass is 366 g/mol. The first-order valence-corrected chi connectivity index (χ1v) is 9.57. The average Bonchev–Trinajstić information content (AvgIpc) is 3.04. The third-order valence-electron chi connectivity index (χ3n) is 5.41. The maximum atomic E-state index is 11.4. The Morgan fingerprint density at radius 2 is 1.81 bits per heavy atom. The number of likely N-dealkylation sites (tertiary alicyclic amines) is 1. The molecule has 5 heteroatoms. The van der Waals surface area contributed by atoms with Gasteiger partial charge in [0.05, 0.1) is 18.8 Å². The molecule has 0 spiro atoms. The number of rotatable bonds is 5. The van der Waals surface area contributed by atoms with Gasteiger partial charge in [-0.05, 0) is 12.0 Å². The van der Waals surface area contributed by atoms with Crippen molar-refractivity contribution in [3.63, 3.8) is 0 Å². The van der Waals surface area contributed by atoms with Gasteiger partial charge in [-0.15, -0.1) is 0 Å². The molecule has 5 nitrogen and oxygen atoms in total. The number of hydrogen-bond donors (Lipinski definition) is 1. The van der Waals surface area contributed by atoms with E-state index < -0.39 is 0 Å². The highest BCUT2D eigenvalue weighted by molar-refractivity contribution is 5.72. The van der Waals surface area contributed by atoms with Crippen LogP contribution in [0.3, 0.4) is 0 Å². The predicted molar refractivity (Wildman–Crippen MR) is 103 cm³/mol. The Morgan fingerprint density at radius 3 is 2.52 bits per heavy atom. The summed E-state index contributed by atoms with van der Waals surface area (Å²) in [7, 11) is 0. The molecular formula is C22H26N2O3. The predicted octanol–water partition coefficient (Wildman–Crippen LogP) is 2.88. The third-order valence-corrected chi connectivity index (χ3v) is 5.41. The van der Waals surface area contributed by atoms with Gasteiger partial charge in [0.15, 0.2) is 6.29 Å². The van der Waals surface area contributed by atoms with Crippen molar-refractivity contribution in [2.75, 3.05) is 13.2 Å².